The van der Waals surface area contributed by atoms with Crippen molar-refractivity contribution in [3.63, 3.8) is 0 Å². The maximum atomic E-state index is 12.5. The molecule has 0 bridgehead atoms. The molecule has 2 rings (SSSR count). The van der Waals surface area contributed by atoms with Gasteiger partial charge in [-0.2, -0.15) is 0 Å². The molecule has 142 valence electrons. The van der Waals surface area contributed by atoms with E-state index in [0.717, 1.165) is 52.0 Å². The largest absolute Gasteiger partial charge is 1.00 e. The first-order valence-electron chi connectivity index (χ1n) is 9.00. The van der Waals surface area contributed by atoms with Crippen molar-refractivity contribution in [3.05, 3.63) is 23.4 Å². The normalized spacial score (nSPS) is 19.8. The van der Waals surface area contributed by atoms with Gasteiger partial charge in [0, 0.05) is 31.8 Å². The van der Waals surface area contributed by atoms with E-state index in [2.05, 4.69) is 18.8 Å². The predicted molar refractivity (Wildman–Crippen MR) is 95.6 cm³/mol. The smallest absolute Gasteiger partial charge is 0.231 e. The number of likely N-dealkylation sites (tertiary alicyclic amines) is 1. The third-order valence-corrected chi connectivity index (χ3v) is 4.89. The molecule has 0 aromatic carbocycles. The van der Waals surface area contributed by atoms with Gasteiger partial charge in [-0.3, -0.25) is 4.79 Å². The highest BCUT2D eigenvalue weighted by Crippen LogP contribution is 2.12. The molecule has 1 aromatic heterocycles. The fraction of sp³-hybridized carbons (Fsp3) is 0.667. The summed E-state index contributed by atoms with van der Waals surface area (Å²) in [6.07, 6.45) is 4.72. The molecule has 1 aliphatic heterocycles. The average Bonchev–Trinajstić information content (AvgIpc) is 2.61. The van der Waals surface area contributed by atoms with E-state index in [-0.39, 0.29) is 18.3 Å². The van der Waals surface area contributed by atoms with Gasteiger partial charge in [0.15, 0.2) is 0 Å². The summed E-state index contributed by atoms with van der Waals surface area (Å²) in [7, 11) is 0. The van der Waals surface area contributed by atoms with Crippen LogP contribution in [0.4, 0.5) is 0 Å². The van der Waals surface area contributed by atoms with Gasteiger partial charge in [-0.1, -0.05) is 11.6 Å². The summed E-state index contributed by atoms with van der Waals surface area (Å²) in [5.74, 6) is 1.13. The minimum atomic E-state index is 0. The molecule has 0 radical (unpaired) electrons. The number of aromatic nitrogens is 1. The molecule has 2 atom stereocenters. The number of ether oxygens (including phenoxy) is 1. The lowest BCUT2D eigenvalue weighted by Gasteiger charge is -2.32. The zero-order valence-corrected chi connectivity index (χ0v) is 16.7. The van der Waals surface area contributed by atoms with Gasteiger partial charge in [0.25, 0.3) is 0 Å². The molecule has 7 heteroatoms. The van der Waals surface area contributed by atoms with Gasteiger partial charge in [-0.15, -0.1) is 0 Å². The summed E-state index contributed by atoms with van der Waals surface area (Å²) >= 11 is 5.80. The Bertz CT molecular complexity index is 510. The minimum Gasteiger partial charge on any atom is -1.00 e. The lowest BCUT2D eigenvalue weighted by atomic mass is 9.96. The molecule has 1 fully saturated rings. The van der Waals surface area contributed by atoms with Gasteiger partial charge in [0.05, 0.1) is 37.2 Å². The van der Waals surface area contributed by atoms with Gasteiger partial charge in [-0.25, -0.2) is 4.98 Å². The Morgan fingerprint density at radius 3 is 2.80 bits per heavy atom. The van der Waals surface area contributed by atoms with Crippen LogP contribution in [0.15, 0.2) is 18.3 Å². The second kappa shape index (κ2) is 11.6. The van der Waals surface area contributed by atoms with Crippen LogP contribution in [-0.4, -0.2) is 55.1 Å². The Labute approximate surface area is 162 Å². The Morgan fingerprint density at radius 1 is 1.40 bits per heavy atom. The molecule has 0 aliphatic carbocycles. The van der Waals surface area contributed by atoms with Crippen LogP contribution in [0.5, 0.6) is 5.88 Å². The molecule has 1 amide bonds. The molecule has 1 aliphatic rings. The molecule has 1 saturated heterocycles. The quantitative estimate of drug-likeness (QED) is 0.560. The molecule has 1 aromatic rings. The number of carbonyl (C=O) groups excluding carboxylic acids is 1. The molecule has 1 N–H and O–H groups in total. The number of hydrogen-bond donors (Lipinski definition) is 1. The lowest BCUT2D eigenvalue weighted by Crippen LogP contribution is -3.13. The third kappa shape index (κ3) is 7.00. The molecule has 2 unspecified atom stereocenters. The molecule has 2 heterocycles. The lowest BCUT2D eigenvalue weighted by molar-refractivity contribution is -0.907. The molecular formula is C18H29Cl2N3O2. The van der Waals surface area contributed by atoms with Crippen LogP contribution in [0.2, 0.25) is 5.02 Å². The number of hydrogen-bond acceptors (Lipinski definition) is 3. The average molecular weight is 390 g/mol. The monoisotopic (exact) mass is 389 g/mol. The van der Waals surface area contributed by atoms with Crippen molar-refractivity contribution in [2.75, 3.05) is 39.3 Å². The summed E-state index contributed by atoms with van der Waals surface area (Å²) in [5, 5.41) is 0.615. The van der Waals surface area contributed by atoms with E-state index < -0.39 is 0 Å². The maximum Gasteiger partial charge on any atom is 0.231 e. The number of rotatable bonds is 8. The summed E-state index contributed by atoms with van der Waals surface area (Å²) in [6.45, 7) is 9.51. The molecule has 0 spiro atoms. The first-order valence-corrected chi connectivity index (χ1v) is 9.38. The first kappa shape index (κ1) is 22.0. The highest BCUT2D eigenvalue weighted by molar-refractivity contribution is 6.30. The highest BCUT2D eigenvalue weighted by Gasteiger charge is 2.30. The molecule has 5 nitrogen and oxygen atoms in total. The van der Waals surface area contributed by atoms with Gasteiger partial charge in [0.1, 0.15) is 0 Å². The zero-order chi connectivity index (χ0) is 17.4. The van der Waals surface area contributed by atoms with Crippen LogP contribution >= 0.6 is 11.6 Å². The van der Waals surface area contributed by atoms with Crippen molar-refractivity contribution in [3.8, 4) is 5.88 Å². The van der Waals surface area contributed by atoms with E-state index in [9.17, 15) is 4.79 Å². The van der Waals surface area contributed by atoms with Crippen molar-refractivity contribution in [2.45, 2.75) is 33.1 Å². The van der Waals surface area contributed by atoms with Gasteiger partial charge in [0.2, 0.25) is 11.8 Å². The van der Waals surface area contributed by atoms with Crippen molar-refractivity contribution in [2.24, 2.45) is 5.92 Å². The SMILES string of the molecule is CCN(CC)C(=O)C1CCC[NH+](CCCOc2ccc(Cl)cn2)C1.[Cl-]. The van der Waals surface area contributed by atoms with Crippen LogP contribution in [0, 0.1) is 5.92 Å². The number of quaternary nitrogens is 1. The number of amides is 1. The van der Waals surface area contributed by atoms with Crippen LogP contribution in [0.3, 0.4) is 0 Å². The minimum absolute atomic E-state index is 0. The van der Waals surface area contributed by atoms with E-state index in [1.54, 1.807) is 18.3 Å². The maximum absolute atomic E-state index is 12.5. The number of carbonyl (C=O) groups is 1. The third-order valence-electron chi connectivity index (χ3n) is 4.67. The van der Waals surface area contributed by atoms with E-state index in [1.807, 2.05) is 4.90 Å². The first-order chi connectivity index (χ1) is 11.6. The fourth-order valence-corrected chi connectivity index (χ4v) is 3.44. The number of piperidine rings is 1. The van der Waals surface area contributed by atoms with Crippen molar-refractivity contribution < 1.29 is 26.8 Å². The van der Waals surface area contributed by atoms with E-state index >= 15 is 0 Å². The van der Waals surface area contributed by atoms with Crippen molar-refractivity contribution >= 4 is 17.5 Å². The molecule has 25 heavy (non-hydrogen) atoms. The summed E-state index contributed by atoms with van der Waals surface area (Å²) < 4.78 is 5.64. The Balaban J connectivity index is 0.00000312. The highest BCUT2D eigenvalue weighted by atomic mass is 35.5. The van der Waals surface area contributed by atoms with Crippen LogP contribution in [-0.2, 0) is 4.79 Å². The standard InChI is InChI=1S/C18H28ClN3O2.ClH/c1-3-22(4-2)18(23)15-7-5-10-21(14-15)11-6-12-24-17-9-8-16(19)13-20-17;/h8-9,13,15H,3-7,10-12,14H2,1-2H3;1H. The van der Waals surface area contributed by atoms with Crippen LogP contribution in [0.25, 0.3) is 0 Å². The van der Waals surface area contributed by atoms with E-state index in [1.165, 1.54) is 4.90 Å². The van der Waals surface area contributed by atoms with Crippen molar-refractivity contribution in [1.82, 2.24) is 9.88 Å². The zero-order valence-electron chi connectivity index (χ0n) is 15.1. The summed E-state index contributed by atoms with van der Waals surface area (Å²) in [4.78, 5) is 20.1. The number of nitrogens with one attached hydrogen (secondary N) is 1. The Morgan fingerprint density at radius 2 is 2.16 bits per heavy atom. The number of pyridine rings is 1. The van der Waals surface area contributed by atoms with Gasteiger partial charge < -0.3 is 26.9 Å². The van der Waals surface area contributed by atoms with Crippen LogP contribution < -0.4 is 22.0 Å². The van der Waals surface area contributed by atoms with Crippen LogP contribution in [0.1, 0.15) is 33.1 Å². The topological polar surface area (TPSA) is 46.9 Å². The number of nitrogens with zero attached hydrogens (tertiary/aromatic N) is 2. The summed E-state index contributed by atoms with van der Waals surface area (Å²) in [6, 6.07) is 3.57. The van der Waals surface area contributed by atoms with Gasteiger partial charge >= 0.3 is 0 Å². The van der Waals surface area contributed by atoms with E-state index in [0.29, 0.717) is 23.4 Å². The Hall–Kier alpha value is -1.04. The number of halogens is 2. The molecule has 0 saturated carbocycles. The van der Waals surface area contributed by atoms with Crippen molar-refractivity contribution in [1.29, 1.82) is 0 Å². The van der Waals surface area contributed by atoms with Gasteiger partial charge in [-0.05, 0) is 32.8 Å². The molecular weight excluding hydrogens is 361 g/mol. The predicted octanol–water partition coefficient (Wildman–Crippen LogP) is -1.33. The summed E-state index contributed by atoms with van der Waals surface area (Å²) in [5.41, 5.74) is 0. The Kier molecular flexibility index (Phi) is 10.2. The fourth-order valence-electron chi connectivity index (χ4n) is 3.33. The second-order valence-corrected chi connectivity index (χ2v) is 6.76. The second-order valence-electron chi connectivity index (χ2n) is 6.32. The van der Waals surface area contributed by atoms with E-state index in [4.69, 9.17) is 16.3 Å².